The molecule has 1 N–H and O–H groups in total. The fraction of sp³-hybridized carbons (Fsp3) is 0.217. The fourth-order valence-corrected chi connectivity index (χ4v) is 3.37. The van der Waals surface area contributed by atoms with E-state index in [1.54, 1.807) is 19.3 Å². The van der Waals surface area contributed by atoms with Crippen molar-refractivity contribution in [2.24, 2.45) is 0 Å². The van der Waals surface area contributed by atoms with Gasteiger partial charge in [-0.2, -0.15) is 5.10 Å². The predicted molar refractivity (Wildman–Crippen MR) is 115 cm³/mol. The Kier molecular flexibility index (Phi) is 5.43. The van der Waals surface area contributed by atoms with Crippen molar-refractivity contribution in [3.63, 3.8) is 0 Å². The number of fused-ring (bicyclic) bond motifs is 1. The van der Waals surface area contributed by atoms with E-state index in [1.165, 1.54) is 6.08 Å². The zero-order valence-corrected chi connectivity index (χ0v) is 17.1. The van der Waals surface area contributed by atoms with E-state index in [9.17, 15) is 4.79 Å². The highest BCUT2D eigenvalue weighted by molar-refractivity contribution is 6.03. The summed E-state index contributed by atoms with van der Waals surface area (Å²) in [5.41, 5.74) is 4.18. The van der Waals surface area contributed by atoms with Crippen LogP contribution in [0.15, 0.2) is 48.5 Å². The van der Waals surface area contributed by atoms with E-state index in [1.807, 2.05) is 54.9 Å². The monoisotopic (exact) mass is 405 g/mol. The molecule has 154 valence electrons. The number of hydrogen-bond acceptors (Lipinski definition) is 5. The minimum atomic E-state index is -0.252. The molecule has 30 heavy (non-hydrogen) atoms. The number of aromatic nitrogens is 2. The van der Waals surface area contributed by atoms with Crippen LogP contribution in [0.4, 0.5) is 5.69 Å². The van der Waals surface area contributed by atoms with Gasteiger partial charge >= 0.3 is 0 Å². The summed E-state index contributed by atoms with van der Waals surface area (Å²) in [5.74, 6) is 1.51. The van der Waals surface area contributed by atoms with Gasteiger partial charge in [0.05, 0.1) is 24.2 Å². The Balaban J connectivity index is 1.55. The van der Waals surface area contributed by atoms with Crippen LogP contribution >= 0.6 is 0 Å². The Hall–Kier alpha value is -3.74. The van der Waals surface area contributed by atoms with Crippen LogP contribution in [-0.4, -0.2) is 36.0 Å². The summed E-state index contributed by atoms with van der Waals surface area (Å²) in [6.07, 6.45) is 3.19. The summed E-state index contributed by atoms with van der Waals surface area (Å²) in [6, 6.07) is 13.2. The second-order valence-electron chi connectivity index (χ2n) is 6.93. The number of nitrogens with zero attached hydrogens (tertiary/aromatic N) is 2. The zero-order valence-electron chi connectivity index (χ0n) is 17.1. The maximum Gasteiger partial charge on any atom is 0.248 e. The smallest absolute Gasteiger partial charge is 0.248 e. The van der Waals surface area contributed by atoms with Gasteiger partial charge in [0.15, 0.2) is 11.5 Å². The summed E-state index contributed by atoms with van der Waals surface area (Å²) >= 11 is 0. The molecule has 1 aliphatic rings. The Morgan fingerprint density at radius 1 is 1.17 bits per heavy atom. The quantitative estimate of drug-likeness (QED) is 0.651. The molecule has 1 amide bonds. The van der Waals surface area contributed by atoms with Crippen molar-refractivity contribution in [2.75, 3.05) is 25.6 Å². The van der Waals surface area contributed by atoms with Gasteiger partial charge in [-0.25, -0.2) is 4.68 Å². The fourth-order valence-electron chi connectivity index (χ4n) is 3.37. The highest BCUT2D eigenvalue weighted by atomic mass is 16.6. The number of nitrogens with one attached hydrogen (secondary N) is 1. The number of methoxy groups -OCH3 is 1. The van der Waals surface area contributed by atoms with E-state index in [0.29, 0.717) is 36.1 Å². The molecule has 0 bridgehead atoms. The van der Waals surface area contributed by atoms with Crippen molar-refractivity contribution in [1.82, 2.24) is 9.78 Å². The molecule has 1 aliphatic heterocycles. The molecule has 2 aromatic carbocycles. The SMILES string of the molecule is COc1cc(/C=C/C(=O)Nc2ccccc2-n2nc(C)cc2C)cc2c1OCCO2. The minimum Gasteiger partial charge on any atom is -0.493 e. The molecule has 0 aliphatic carbocycles. The lowest BCUT2D eigenvalue weighted by atomic mass is 10.1. The van der Waals surface area contributed by atoms with Crippen LogP contribution < -0.4 is 19.5 Å². The minimum absolute atomic E-state index is 0.252. The molecule has 0 saturated heterocycles. The van der Waals surface area contributed by atoms with E-state index >= 15 is 0 Å². The molecule has 0 fully saturated rings. The summed E-state index contributed by atoms with van der Waals surface area (Å²) in [7, 11) is 1.57. The zero-order chi connectivity index (χ0) is 21.1. The van der Waals surface area contributed by atoms with E-state index in [-0.39, 0.29) is 5.91 Å². The second kappa shape index (κ2) is 8.32. The van der Waals surface area contributed by atoms with Gasteiger partial charge < -0.3 is 19.5 Å². The third-order valence-electron chi connectivity index (χ3n) is 4.68. The van der Waals surface area contributed by atoms with Gasteiger partial charge in [0, 0.05) is 11.8 Å². The van der Waals surface area contributed by atoms with E-state index in [4.69, 9.17) is 14.2 Å². The molecule has 0 saturated carbocycles. The standard InChI is InChI=1S/C23H23N3O4/c1-15-12-16(2)26(25-15)19-7-5-4-6-18(19)24-22(27)9-8-17-13-20(28-3)23-21(14-17)29-10-11-30-23/h4-9,12-14H,10-11H2,1-3H3,(H,24,27)/b9-8+. The molecular weight excluding hydrogens is 382 g/mol. The number of aryl methyl sites for hydroxylation is 2. The third-order valence-corrected chi connectivity index (χ3v) is 4.68. The van der Waals surface area contributed by atoms with Gasteiger partial charge in [0.2, 0.25) is 11.7 Å². The van der Waals surface area contributed by atoms with Crippen LogP contribution in [0.2, 0.25) is 0 Å². The van der Waals surface area contributed by atoms with Crippen LogP contribution in [-0.2, 0) is 4.79 Å². The number of ether oxygens (including phenoxy) is 3. The molecule has 0 spiro atoms. The van der Waals surface area contributed by atoms with Crippen molar-refractivity contribution < 1.29 is 19.0 Å². The van der Waals surface area contributed by atoms with Crippen LogP contribution in [0.1, 0.15) is 17.0 Å². The number of rotatable bonds is 5. The lowest BCUT2D eigenvalue weighted by molar-refractivity contribution is -0.111. The number of benzene rings is 2. The molecule has 7 nitrogen and oxygen atoms in total. The number of amides is 1. The first-order valence-corrected chi connectivity index (χ1v) is 9.64. The number of anilines is 1. The van der Waals surface area contributed by atoms with Crippen molar-refractivity contribution in [1.29, 1.82) is 0 Å². The van der Waals surface area contributed by atoms with E-state index in [0.717, 1.165) is 22.6 Å². The molecule has 7 heteroatoms. The molecular formula is C23H23N3O4. The predicted octanol–water partition coefficient (Wildman–Crippen LogP) is 3.92. The summed E-state index contributed by atoms with van der Waals surface area (Å²) in [5, 5.41) is 7.44. The summed E-state index contributed by atoms with van der Waals surface area (Å²) in [4.78, 5) is 12.6. The first-order valence-electron chi connectivity index (χ1n) is 9.64. The normalized spacial score (nSPS) is 12.8. The van der Waals surface area contributed by atoms with Gasteiger partial charge in [-0.15, -0.1) is 0 Å². The number of hydrogen-bond donors (Lipinski definition) is 1. The Labute approximate surface area is 174 Å². The molecule has 0 atom stereocenters. The topological polar surface area (TPSA) is 74.6 Å². The van der Waals surface area contributed by atoms with E-state index in [2.05, 4.69) is 10.4 Å². The molecule has 1 aromatic heterocycles. The second-order valence-corrected chi connectivity index (χ2v) is 6.93. The maximum absolute atomic E-state index is 12.6. The Morgan fingerprint density at radius 2 is 1.97 bits per heavy atom. The molecule has 3 aromatic rings. The molecule has 0 unspecified atom stereocenters. The highest BCUT2D eigenvalue weighted by Gasteiger charge is 2.18. The highest BCUT2D eigenvalue weighted by Crippen LogP contribution is 2.40. The number of carbonyl (C=O) groups is 1. The van der Waals surface area contributed by atoms with Crippen LogP contribution in [0.25, 0.3) is 11.8 Å². The lowest BCUT2D eigenvalue weighted by Gasteiger charge is -2.20. The first-order chi connectivity index (χ1) is 14.5. The average molecular weight is 405 g/mol. The van der Waals surface area contributed by atoms with Gasteiger partial charge in [0.25, 0.3) is 0 Å². The Morgan fingerprint density at radius 3 is 2.73 bits per heavy atom. The number of para-hydroxylation sites is 2. The van der Waals surface area contributed by atoms with Crippen LogP contribution in [0.3, 0.4) is 0 Å². The van der Waals surface area contributed by atoms with Gasteiger partial charge in [0.1, 0.15) is 13.2 Å². The maximum atomic E-state index is 12.6. The van der Waals surface area contributed by atoms with Crippen molar-refractivity contribution in [3.05, 3.63) is 65.5 Å². The summed E-state index contributed by atoms with van der Waals surface area (Å²) < 4.78 is 18.5. The largest absolute Gasteiger partial charge is 0.493 e. The summed E-state index contributed by atoms with van der Waals surface area (Å²) in [6.45, 7) is 4.88. The van der Waals surface area contributed by atoms with Crippen molar-refractivity contribution >= 4 is 17.7 Å². The van der Waals surface area contributed by atoms with Gasteiger partial charge in [-0.3, -0.25) is 4.79 Å². The molecule has 0 radical (unpaired) electrons. The van der Waals surface area contributed by atoms with Crippen molar-refractivity contribution in [2.45, 2.75) is 13.8 Å². The first kappa shape index (κ1) is 19.6. The van der Waals surface area contributed by atoms with Crippen LogP contribution in [0.5, 0.6) is 17.2 Å². The average Bonchev–Trinajstić information content (AvgIpc) is 3.09. The van der Waals surface area contributed by atoms with E-state index < -0.39 is 0 Å². The van der Waals surface area contributed by atoms with Crippen molar-refractivity contribution in [3.8, 4) is 22.9 Å². The van der Waals surface area contributed by atoms with Gasteiger partial charge in [-0.05, 0) is 55.8 Å². The molecule has 2 heterocycles. The van der Waals surface area contributed by atoms with Crippen LogP contribution in [0, 0.1) is 13.8 Å². The number of carbonyl (C=O) groups excluding carboxylic acids is 1. The third kappa shape index (κ3) is 4.00. The molecule has 4 rings (SSSR count). The Bertz CT molecular complexity index is 1100. The lowest BCUT2D eigenvalue weighted by Crippen LogP contribution is -2.16. The van der Waals surface area contributed by atoms with Gasteiger partial charge in [-0.1, -0.05) is 12.1 Å².